The lowest BCUT2D eigenvalue weighted by Crippen LogP contribution is -2.45. The summed E-state index contributed by atoms with van der Waals surface area (Å²) in [5.41, 5.74) is 1.86. The molecular formula is C17H20BrN5. The Morgan fingerprint density at radius 3 is 2.39 bits per heavy atom. The molecule has 5 nitrogen and oxygen atoms in total. The van der Waals surface area contributed by atoms with Crippen molar-refractivity contribution in [3.8, 4) is 17.5 Å². The summed E-state index contributed by atoms with van der Waals surface area (Å²) in [4.78, 5) is 9.28. The van der Waals surface area contributed by atoms with Crippen LogP contribution in [0.3, 0.4) is 0 Å². The van der Waals surface area contributed by atoms with Crippen LogP contribution in [0.2, 0.25) is 0 Å². The molecule has 0 aliphatic carbocycles. The summed E-state index contributed by atoms with van der Waals surface area (Å²) < 4.78 is 2.88. The Morgan fingerprint density at radius 1 is 1.13 bits per heavy atom. The van der Waals surface area contributed by atoms with Crippen LogP contribution >= 0.6 is 15.9 Å². The number of rotatable bonds is 3. The highest BCUT2D eigenvalue weighted by atomic mass is 79.9. The molecule has 1 atom stereocenters. The summed E-state index contributed by atoms with van der Waals surface area (Å²) in [6.45, 7) is 3.74. The van der Waals surface area contributed by atoms with E-state index in [9.17, 15) is 5.26 Å². The van der Waals surface area contributed by atoms with Gasteiger partial charge in [-0.2, -0.15) is 5.26 Å². The maximum atomic E-state index is 9.72. The number of hydrogen-bond donors (Lipinski definition) is 0. The first kappa shape index (κ1) is 16.2. The first-order valence-electron chi connectivity index (χ1n) is 7.71. The predicted octanol–water partition coefficient (Wildman–Crippen LogP) is 2.66. The first-order chi connectivity index (χ1) is 11.1. The molecule has 2 aromatic rings. The molecule has 1 aromatic carbocycles. The van der Waals surface area contributed by atoms with Crippen LogP contribution in [0.1, 0.15) is 11.7 Å². The highest BCUT2D eigenvalue weighted by Gasteiger charge is 2.29. The second kappa shape index (κ2) is 6.83. The van der Waals surface area contributed by atoms with E-state index in [1.54, 1.807) is 0 Å². The molecule has 0 spiro atoms. The van der Waals surface area contributed by atoms with Crippen LogP contribution in [-0.2, 0) is 7.05 Å². The maximum Gasteiger partial charge on any atom is 0.143 e. The van der Waals surface area contributed by atoms with Crippen LogP contribution in [0.25, 0.3) is 11.4 Å². The molecule has 1 aliphatic heterocycles. The number of aromatic nitrogens is 2. The third kappa shape index (κ3) is 3.18. The van der Waals surface area contributed by atoms with Gasteiger partial charge in [0.1, 0.15) is 22.2 Å². The summed E-state index contributed by atoms with van der Waals surface area (Å²) in [5, 5.41) is 9.72. The standard InChI is InChI=1S/C17H20BrN5/c1-21-8-10-23(11-9-21)14(12-19)15-16(18)22(2)17(20-15)13-6-4-3-5-7-13/h3-7,14H,8-11H2,1-2H3. The van der Waals surface area contributed by atoms with Crippen molar-refractivity contribution in [3.63, 3.8) is 0 Å². The molecule has 6 heteroatoms. The zero-order valence-corrected chi connectivity index (χ0v) is 15.0. The monoisotopic (exact) mass is 373 g/mol. The van der Waals surface area contributed by atoms with Crippen LogP contribution < -0.4 is 0 Å². The Kier molecular flexibility index (Phi) is 4.81. The summed E-state index contributed by atoms with van der Waals surface area (Å²) >= 11 is 3.63. The molecule has 2 heterocycles. The Hall–Kier alpha value is -1.68. The van der Waals surface area contributed by atoms with Crippen molar-refractivity contribution in [2.24, 2.45) is 7.05 Å². The largest absolute Gasteiger partial charge is 0.322 e. The molecule has 1 saturated heterocycles. The van der Waals surface area contributed by atoms with Gasteiger partial charge in [0.15, 0.2) is 0 Å². The van der Waals surface area contributed by atoms with E-state index < -0.39 is 0 Å². The van der Waals surface area contributed by atoms with Crippen molar-refractivity contribution >= 4 is 15.9 Å². The van der Waals surface area contributed by atoms with Gasteiger partial charge in [0.25, 0.3) is 0 Å². The van der Waals surface area contributed by atoms with Crippen molar-refractivity contribution in [2.45, 2.75) is 6.04 Å². The normalized spacial score (nSPS) is 17.8. The van der Waals surface area contributed by atoms with E-state index in [1.807, 2.05) is 41.9 Å². The molecular weight excluding hydrogens is 354 g/mol. The summed E-state index contributed by atoms with van der Waals surface area (Å²) in [7, 11) is 4.09. The Bertz CT molecular complexity index is 711. The molecule has 0 radical (unpaired) electrons. The molecule has 1 aliphatic rings. The summed E-state index contributed by atoms with van der Waals surface area (Å²) in [6, 6.07) is 12.2. The Balaban J connectivity index is 1.94. The number of likely N-dealkylation sites (N-methyl/N-ethyl adjacent to an activating group) is 1. The molecule has 0 amide bonds. The summed E-state index contributed by atoms with van der Waals surface area (Å²) in [6.07, 6.45) is 0. The van der Waals surface area contributed by atoms with E-state index in [2.05, 4.69) is 38.8 Å². The van der Waals surface area contributed by atoms with Gasteiger partial charge in [0, 0.05) is 38.8 Å². The quantitative estimate of drug-likeness (QED) is 0.829. The highest BCUT2D eigenvalue weighted by molar-refractivity contribution is 9.10. The predicted molar refractivity (Wildman–Crippen MR) is 93.8 cm³/mol. The second-order valence-corrected chi connectivity index (χ2v) is 6.66. The van der Waals surface area contributed by atoms with E-state index in [0.29, 0.717) is 0 Å². The van der Waals surface area contributed by atoms with Crippen LogP contribution in [0.5, 0.6) is 0 Å². The number of hydrogen-bond acceptors (Lipinski definition) is 4. The van der Waals surface area contributed by atoms with Crippen LogP contribution in [0.4, 0.5) is 0 Å². The van der Waals surface area contributed by atoms with Crippen molar-refractivity contribution < 1.29 is 0 Å². The number of halogens is 1. The van der Waals surface area contributed by atoms with Gasteiger partial charge in [-0.05, 0) is 23.0 Å². The average molecular weight is 374 g/mol. The van der Waals surface area contributed by atoms with Crippen LogP contribution in [0.15, 0.2) is 34.9 Å². The molecule has 120 valence electrons. The van der Waals surface area contributed by atoms with Gasteiger partial charge < -0.3 is 9.47 Å². The van der Waals surface area contributed by atoms with Gasteiger partial charge in [-0.25, -0.2) is 4.98 Å². The van der Waals surface area contributed by atoms with Gasteiger partial charge in [0.2, 0.25) is 0 Å². The smallest absolute Gasteiger partial charge is 0.143 e. The number of imidazole rings is 1. The minimum absolute atomic E-state index is 0.318. The molecule has 0 bridgehead atoms. The van der Waals surface area contributed by atoms with Gasteiger partial charge in [0.05, 0.1) is 6.07 Å². The molecule has 1 aromatic heterocycles. The van der Waals surface area contributed by atoms with Crippen LogP contribution in [-0.4, -0.2) is 52.6 Å². The number of nitrogens with zero attached hydrogens (tertiary/aromatic N) is 5. The highest BCUT2D eigenvalue weighted by Crippen LogP contribution is 2.31. The lowest BCUT2D eigenvalue weighted by atomic mass is 10.2. The third-order valence-corrected chi connectivity index (χ3v) is 5.30. The van der Waals surface area contributed by atoms with Crippen molar-refractivity contribution in [2.75, 3.05) is 33.2 Å². The van der Waals surface area contributed by atoms with E-state index in [4.69, 9.17) is 4.98 Å². The summed E-state index contributed by atoms with van der Waals surface area (Å²) in [5.74, 6) is 0.877. The van der Waals surface area contributed by atoms with Crippen molar-refractivity contribution in [3.05, 3.63) is 40.6 Å². The number of benzene rings is 1. The first-order valence-corrected chi connectivity index (χ1v) is 8.51. The SMILES string of the molecule is CN1CCN(C(C#N)c2nc(-c3ccccc3)n(C)c2Br)CC1. The zero-order valence-electron chi connectivity index (χ0n) is 13.4. The minimum Gasteiger partial charge on any atom is -0.322 e. The number of nitriles is 1. The van der Waals surface area contributed by atoms with E-state index in [1.165, 1.54) is 0 Å². The van der Waals surface area contributed by atoms with Crippen LogP contribution in [0, 0.1) is 11.3 Å². The lowest BCUT2D eigenvalue weighted by molar-refractivity contribution is 0.131. The van der Waals surface area contributed by atoms with Gasteiger partial charge >= 0.3 is 0 Å². The topological polar surface area (TPSA) is 48.1 Å². The fourth-order valence-corrected chi connectivity index (χ4v) is 3.39. The van der Waals surface area contributed by atoms with E-state index >= 15 is 0 Å². The molecule has 0 saturated carbocycles. The molecule has 1 unspecified atom stereocenters. The molecule has 3 rings (SSSR count). The van der Waals surface area contributed by atoms with Crippen molar-refractivity contribution in [1.29, 1.82) is 5.26 Å². The molecule has 1 fully saturated rings. The fraction of sp³-hybridized carbons (Fsp3) is 0.412. The number of piperazine rings is 1. The molecule has 0 N–H and O–H groups in total. The fourth-order valence-electron chi connectivity index (χ4n) is 2.92. The molecule has 23 heavy (non-hydrogen) atoms. The Labute approximate surface area is 145 Å². The third-order valence-electron chi connectivity index (χ3n) is 4.37. The van der Waals surface area contributed by atoms with E-state index in [-0.39, 0.29) is 6.04 Å². The average Bonchev–Trinajstić information content (AvgIpc) is 2.87. The van der Waals surface area contributed by atoms with Gasteiger partial charge in [-0.1, -0.05) is 30.3 Å². The van der Waals surface area contributed by atoms with Gasteiger partial charge in [-0.3, -0.25) is 4.90 Å². The minimum atomic E-state index is -0.318. The van der Waals surface area contributed by atoms with Gasteiger partial charge in [-0.15, -0.1) is 0 Å². The lowest BCUT2D eigenvalue weighted by Gasteiger charge is -2.34. The maximum absolute atomic E-state index is 9.72. The van der Waals surface area contributed by atoms with E-state index in [0.717, 1.165) is 47.9 Å². The Morgan fingerprint density at radius 2 is 1.78 bits per heavy atom. The van der Waals surface area contributed by atoms with Crippen molar-refractivity contribution in [1.82, 2.24) is 19.4 Å². The second-order valence-electron chi connectivity index (χ2n) is 5.91. The zero-order chi connectivity index (χ0) is 16.4.